The van der Waals surface area contributed by atoms with Crippen molar-refractivity contribution >= 4 is 33.9 Å². The topological polar surface area (TPSA) is 141 Å². The Labute approximate surface area is 235 Å². The summed E-state index contributed by atoms with van der Waals surface area (Å²) < 4.78 is 0. The maximum Gasteiger partial charge on any atom is 0.270 e. The summed E-state index contributed by atoms with van der Waals surface area (Å²) in [7, 11) is 0. The molecule has 5 aromatic rings. The van der Waals surface area contributed by atoms with E-state index < -0.39 is 4.92 Å². The minimum absolute atomic E-state index is 0.0853. The molecule has 0 saturated carbocycles. The van der Waals surface area contributed by atoms with Crippen LogP contribution in [0.2, 0.25) is 0 Å². The van der Waals surface area contributed by atoms with Gasteiger partial charge in [-0.25, -0.2) is 9.98 Å². The molecule has 0 aliphatic carbocycles. The number of nitrogens with one attached hydrogen (secondary N) is 2. The molecule has 0 unspecified atom stereocenters. The number of piperidine rings is 1. The fraction of sp³-hybridized carbons (Fsp3) is 0.194. The van der Waals surface area contributed by atoms with Crippen molar-refractivity contribution in [1.29, 1.82) is 0 Å². The van der Waals surface area contributed by atoms with Crippen molar-refractivity contribution < 1.29 is 14.8 Å². The molecule has 206 valence electrons. The van der Waals surface area contributed by atoms with Crippen molar-refractivity contribution in [3.05, 3.63) is 106 Å². The first-order valence-corrected chi connectivity index (χ1v) is 13.4. The molecule has 1 fully saturated rings. The molecule has 1 amide bonds. The van der Waals surface area contributed by atoms with E-state index in [0.717, 1.165) is 47.6 Å². The van der Waals surface area contributed by atoms with Gasteiger partial charge < -0.3 is 20.0 Å². The standard InChI is InChI=1S/C31H28N6O4/c1-19-32-17-27(33-19)21-9-11-23(12-10-21)34-30(29-25-16-24(37(40)41)13-14-26(25)35-31(29)39)22-7-5-20(6-8-22)18-36-15-3-2-4-28(36)38/h5-14,16-17,35,39H,2-4,15,18H2,1H3,(H,32,33). The number of imidazole rings is 1. The van der Waals surface area contributed by atoms with E-state index in [1.165, 1.54) is 12.1 Å². The van der Waals surface area contributed by atoms with E-state index in [0.29, 0.717) is 40.8 Å². The van der Waals surface area contributed by atoms with Gasteiger partial charge in [0.2, 0.25) is 5.91 Å². The number of aryl methyl sites for hydroxylation is 1. The fourth-order valence-corrected chi connectivity index (χ4v) is 5.21. The number of likely N-dealkylation sites (tertiary alicyclic amines) is 1. The maximum absolute atomic E-state index is 12.3. The maximum atomic E-state index is 12.3. The summed E-state index contributed by atoms with van der Waals surface area (Å²) in [5.74, 6) is 0.856. The number of nitro benzene ring substituents is 1. The minimum atomic E-state index is -0.462. The number of hydrogen-bond donors (Lipinski definition) is 3. The van der Waals surface area contributed by atoms with Gasteiger partial charge in [0, 0.05) is 48.1 Å². The average Bonchev–Trinajstić information content (AvgIpc) is 3.55. The van der Waals surface area contributed by atoms with Crippen LogP contribution in [0.5, 0.6) is 5.88 Å². The van der Waals surface area contributed by atoms with E-state index in [9.17, 15) is 20.0 Å². The van der Waals surface area contributed by atoms with Crippen molar-refractivity contribution in [2.75, 3.05) is 6.54 Å². The molecule has 0 bridgehead atoms. The Morgan fingerprint density at radius 3 is 2.54 bits per heavy atom. The number of fused-ring (bicyclic) bond motifs is 1. The molecule has 3 heterocycles. The highest BCUT2D eigenvalue weighted by molar-refractivity contribution is 6.22. The van der Waals surface area contributed by atoms with Gasteiger partial charge in [0.05, 0.1) is 33.8 Å². The molecule has 41 heavy (non-hydrogen) atoms. The molecule has 1 saturated heterocycles. The summed E-state index contributed by atoms with van der Waals surface area (Å²) in [4.78, 5) is 40.6. The Morgan fingerprint density at radius 2 is 1.85 bits per heavy atom. The second-order valence-electron chi connectivity index (χ2n) is 10.2. The van der Waals surface area contributed by atoms with Crippen LogP contribution in [0.4, 0.5) is 11.4 Å². The Morgan fingerprint density at radius 1 is 1.07 bits per heavy atom. The van der Waals surface area contributed by atoms with Crippen LogP contribution in [0.1, 0.15) is 41.8 Å². The van der Waals surface area contributed by atoms with Crippen LogP contribution in [0.3, 0.4) is 0 Å². The number of non-ortho nitro benzene ring substituents is 1. The summed E-state index contributed by atoms with van der Waals surface area (Å²) in [5.41, 5.74) is 5.49. The lowest BCUT2D eigenvalue weighted by atomic mass is 9.99. The van der Waals surface area contributed by atoms with Gasteiger partial charge in [-0.2, -0.15) is 0 Å². The Bertz CT molecular complexity index is 1780. The number of benzene rings is 3. The minimum Gasteiger partial charge on any atom is -0.494 e. The number of carbonyl (C=O) groups is 1. The van der Waals surface area contributed by atoms with Crippen LogP contribution >= 0.6 is 0 Å². The van der Waals surface area contributed by atoms with E-state index in [4.69, 9.17) is 4.99 Å². The lowest BCUT2D eigenvalue weighted by molar-refractivity contribution is -0.384. The van der Waals surface area contributed by atoms with E-state index in [1.807, 2.05) is 60.4 Å². The summed E-state index contributed by atoms with van der Waals surface area (Å²) in [6, 6.07) is 19.7. The third kappa shape index (κ3) is 5.31. The van der Waals surface area contributed by atoms with Crippen LogP contribution in [0.25, 0.3) is 22.2 Å². The van der Waals surface area contributed by atoms with Gasteiger partial charge in [-0.1, -0.05) is 36.4 Å². The van der Waals surface area contributed by atoms with Crippen molar-refractivity contribution in [3.8, 4) is 17.1 Å². The van der Waals surface area contributed by atoms with Crippen LogP contribution in [0, 0.1) is 17.0 Å². The Balaban J connectivity index is 1.42. The van der Waals surface area contributed by atoms with Crippen LogP contribution in [-0.2, 0) is 11.3 Å². The molecule has 10 heteroatoms. The third-order valence-corrected chi connectivity index (χ3v) is 7.35. The number of rotatable bonds is 7. The summed E-state index contributed by atoms with van der Waals surface area (Å²) in [6.45, 7) is 3.18. The molecule has 3 N–H and O–H groups in total. The molecule has 2 aromatic heterocycles. The van der Waals surface area contributed by atoms with E-state index in [-0.39, 0.29) is 17.5 Å². The summed E-state index contributed by atoms with van der Waals surface area (Å²) in [5, 5.41) is 23.0. The predicted molar refractivity (Wildman–Crippen MR) is 156 cm³/mol. The first-order chi connectivity index (χ1) is 19.9. The van der Waals surface area contributed by atoms with Gasteiger partial charge in [0.1, 0.15) is 5.82 Å². The highest BCUT2D eigenvalue weighted by Crippen LogP contribution is 2.34. The zero-order valence-corrected chi connectivity index (χ0v) is 22.4. The molecule has 1 aliphatic rings. The second kappa shape index (κ2) is 10.7. The molecule has 0 spiro atoms. The third-order valence-electron chi connectivity index (χ3n) is 7.35. The van der Waals surface area contributed by atoms with Crippen LogP contribution in [0.15, 0.2) is 77.9 Å². The van der Waals surface area contributed by atoms with Gasteiger partial charge in [-0.05, 0) is 49.1 Å². The Hall–Kier alpha value is -5.25. The van der Waals surface area contributed by atoms with Crippen LogP contribution in [-0.4, -0.2) is 48.0 Å². The number of hydrogen-bond acceptors (Lipinski definition) is 6. The lowest BCUT2D eigenvalue weighted by Crippen LogP contribution is -2.34. The molecule has 10 nitrogen and oxygen atoms in total. The van der Waals surface area contributed by atoms with E-state index in [1.54, 1.807) is 12.3 Å². The molecule has 3 aromatic carbocycles. The van der Waals surface area contributed by atoms with Gasteiger partial charge in [-0.15, -0.1) is 0 Å². The smallest absolute Gasteiger partial charge is 0.270 e. The highest BCUT2D eigenvalue weighted by atomic mass is 16.6. The van der Waals surface area contributed by atoms with Gasteiger partial charge in [0.15, 0.2) is 5.88 Å². The molecular weight excluding hydrogens is 520 g/mol. The number of aromatic nitrogens is 3. The van der Waals surface area contributed by atoms with E-state index in [2.05, 4.69) is 15.0 Å². The normalized spacial score (nSPS) is 14.1. The SMILES string of the molecule is Cc1ncc(-c2ccc(N=C(c3ccc(CN4CCCCC4=O)cc3)c3c(O)[nH]c4ccc([N+](=O)[O-])cc34)cc2)[nH]1. The number of nitrogens with zero attached hydrogens (tertiary/aromatic N) is 4. The van der Waals surface area contributed by atoms with E-state index >= 15 is 0 Å². The molecule has 1 aliphatic heterocycles. The number of aromatic amines is 2. The first kappa shape index (κ1) is 26.0. The molecular formula is C31H28N6O4. The van der Waals surface area contributed by atoms with Crippen molar-refractivity contribution in [2.45, 2.75) is 32.7 Å². The number of amides is 1. The average molecular weight is 549 g/mol. The van der Waals surface area contributed by atoms with Gasteiger partial charge in [0.25, 0.3) is 5.69 Å². The predicted octanol–water partition coefficient (Wildman–Crippen LogP) is 6.16. The summed E-state index contributed by atoms with van der Waals surface area (Å²) in [6.07, 6.45) is 4.29. The molecule has 6 rings (SSSR count). The monoisotopic (exact) mass is 548 g/mol. The number of carbonyl (C=O) groups excluding carboxylic acids is 1. The number of aromatic hydroxyl groups is 1. The zero-order chi connectivity index (χ0) is 28.5. The van der Waals surface area contributed by atoms with Crippen LogP contribution < -0.4 is 0 Å². The highest BCUT2D eigenvalue weighted by Gasteiger charge is 2.22. The van der Waals surface area contributed by atoms with Crippen molar-refractivity contribution in [2.24, 2.45) is 4.99 Å². The van der Waals surface area contributed by atoms with Gasteiger partial charge in [-0.3, -0.25) is 14.9 Å². The zero-order valence-electron chi connectivity index (χ0n) is 22.4. The molecule has 0 atom stereocenters. The fourth-order valence-electron chi connectivity index (χ4n) is 5.21. The number of nitro groups is 1. The molecule has 0 radical (unpaired) electrons. The first-order valence-electron chi connectivity index (χ1n) is 13.4. The van der Waals surface area contributed by atoms with Gasteiger partial charge >= 0.3 is 0 Å². The Kier molecular flexibility index (Phi) is 6.80. The number of H-pyrrole nitrogens is 2. The second-order valence-corrected chi connectivity index (χ2v) is 10.2. The quantitative estimate of drug-likeness (QED) is 0.127. The largest absolute Gasteiger partial charge is 0.494 e. The lowest BCUT2D eigenvalue weighted by Gasteiger charge is -2.26. The number of aliphatic imine (C=N–C) groups is 1. The van der Waals surface area contributed by atoms with Crippen molar-refractivity contribution in [1.82, 2.24) is 19.9 Å². The van der Waals surface area contributed by atoms with Crippen molar-refractivity contribution in [3.63, 3.8) is 0 Å². The summed E-state index contributed by atoms with van der Waals surface area (Å²) >= 11 is 0.